The van der Waals surface area contributed by atoms with E-state index >= 15 is 0 Å². The number of hydrogen-bond acceptors (Lipinski definition) is 5. The summed E-state index contributed by atoms with van der Waals surface area (Å²) in [6, 6.07) is -0.699. The maximum atomic E-state index is 13.3. The van der Waals surface area contributed by atoms with Crippen LogP contribution in [0.2, 0.25) is 0 Å². The second kappa shape index (κ2) is 53.3. The summed E-state index contributed by atoms with van der Waals surface area (Å²) in [7, 11) is 0. The molecule has 0 aliphatic heterocycles. The molecule has 384 valence electrons. The molecule has 0 aromatic rings. The molecule has 0 saturated carbocycles. The van der Waals surface area contributed by atoms with E-state index in [1.807, 2.05) is 0 Å². The summed E-state index contributed by atoms with van der Waals surface area (Å²) in [6.07, 6.45) is 62.4. The number of carbonyl (C=O) groups is 2. The number of aliphatic hydroxyl groups is 2. The number of hydrogen-bond donors (Lipinski definition) is 3. The van der Waals surface area contributed by atoms with Crippen LogP contribution in [0.25, 0.3) is 0 Å². The van der Waals surface area contributed by atoms with Crippen LogP contribution in [0.3, 0.4) is 0 Å². The van der Waals surface area contributed by atoms with Crippen molar-refractivity contribution in [2.45, 2.75) is 334 Å². The van der Waals surface area contributed by atoms with Crippen LogP contribution in [0.4, 0.5) is 0 Å². The monoisotopic (exact) mass is 916 g/mol. The maximum absolute atomic E-state index is 13.3. The number of unbranched alkanes of at least 4 members (excludes halogenated alkanes) is 37. The van der Waals surface area contributed by atoms with Crippen molar-refractivity contribution in [1.82, 2.24) is 5.32 Å². The Hall–Kier alpha value is -1.66. The molecular formula is C59H113NO5. The fourth-order valence-electron chi connectivity index (χ4n) is 9.11. The molecule has 0 saturated heterocycles. The molecule has 0 aliphatic carbocycles. The van der Waals surface area contributed by atoms with Gasteiger partial charge in [-0.2, -0.15) is 0 Å². The van der Waals surface area contributed by atoms with Crippen LogP contribution in [-0.4, -0.2) is 46.9 Å². The van der Waals surface area contributed by atoms with E-state index in [9.17, 15) is 19.8 Å². The number of esters is 1. The lowest BCUT2D eigenvalue weighted by molar-refractivity contribution is -0.151. The van der Waals surface area contributed by atoms with E-state index < -0.39 is 18.2 Å². The number of ether oxygens (including phenoxy) is 1. The molecule has 0 fully saturated rings. The van der Waals surface area contributed by atoms with E-state index in [0.717, 1.165) is 57.8 Å². The molecule has 0 heterocycles. The first-order valence-electron chi connectivity index (χ1n) is 29.1. The SMILES string of the molecule is CCCCC/C=C\C/C=C\CCCCCCCCCC(=O)OC(CCCCCCCCCCCCCCCCCC)CC(=O)NC(CO)C(O)CCCCCCCCCCCCCCC. The Morgan fingerprint density at radius 2 is 0.785 bits per heavy atom. The number of amides is 1. The highest BCUT2D eigenvalue weighted by atomic mass is 16.5. The summed E-state index contributed by atoms with van der Waals surface area (Å²) < 4.78 is 5.97. The topological polar surface area (TPSA) is 95.9 Å². The second-order valence-electron chi connectivity index (χ2n) is 20.1. The van der Waals surface area contributed by atoms with Gasteiger partial charge in [0.25, 0.3) is 0 Å². The van der Waals surface area contributed by atoms with Crippen molar-refractivity contribution in [3.05, 3.63) is 24.3 Å². The predicted octanol–water partition coefficient (Wildman–Crippen LogP) is 17.9. The van der Waals surface area contributed by atoms with E-state index in [1.54, 1.807) is 0 Å². The average Bonchev–Trinajstić information content (AvgIpc) is 3.30. The highest BCUT2D eigenvalue weighted by Crippen LogP contribution is 2.19. The van der Waals surface area contributed by atoms with Gasteiger partial charge >= 0.3 is 5.97 Å². The fourth-order valence-corrected chi connectivity index (χ4v) is 9.11. The molecule has 0 bridgehead atoms. The number of allylic oxidation sites excluding steroid dienone is 4. The van der Waals surface area contributed by atoms with Crippen LogP contribution in [0.1, 0.15) is 316 Å². The minimum absolute atomic E-state index is 0.0807. The summed E-state index contributed by atoms with van der Waals surface area (Å²) in [6.45, 7) is 6.50. The Bertz CT molecular complexity index is 1030. The predicted molar refractivity (Wildman–Crippen MR) is 283 cm³/mol. The van der Waals surface area contributed by atoms with Gasteiger partial charge in [-0.3, -0.25) is 9.59 Å². The van der Waals surface area contributed by atoms with Crippen molar-refractivity contribution < 1.29 is 24.5 Å². The zero-order valence-electron chi connectivity index (χ0n) is 43.9. The highest BCUT2D eigenvalue weighted by molar-refractivity contribution is 5.77. The molecule has 0 aromatic carbocycles. The summed E-state index contributed by atoms with van der Waals surface area (Å²) in [5.41, 5.74) is 0. The van der Waals surface area contributed by atoms with Crippen molar-refractivity contribution in [2.75, 3.05) is 6.61 Å². The van der Waals surface area contributed by atoms with Gasteiger partial charge in [-0.05, 0) is 57.8 Å². The van der Waals surface area contributed by atoms with Crippen molar-refractivity contribution in [2.24, 2.45) is 0 Å². The Labute approximate surface area is 405 Å². The Morgan fingerprint density at radius 1 is 0.446 bits per heavy atom. The molecular weight excluding hydrogens is 803 g/mol. The zero-order chi connectivity index (χ0) is 47.4. The summed E-state index contributed by atoms with van der Waals surface area (Å²) >= 11 is 0. The van der Waals surface area contributed by atoms with Crippen LogP contribution in [0.5, 0.6) is 0 Å². The van der Waals surface area contributed by atoms with E-state index in [4.69, 9.17) is 4.74 Å². The van der Waals surface area contributed by atoms with Crippen molar-refractivity contribution >= 4 is 11.9 Å². The molecule has 0 rings (SSSR count). The number of rotatable bonds is 53. The van der Waals surface area contributed by atoms with E-state index in [2.05, 4.69) is 50.4 Å². The fraction of sp³-hybridized carbons (Fsp3) is 0.898. The first-order valence-corrected chi connectivity index (χ1v) is 29.1. The van der Waals surface area contributed by atoms with Gasteiger partial charge in [0, 0.05) is 6.42 Å². The zero-order valence-corrected chi connectivity index (χ0v) is 43.9. The maximum Gasteiger partial charge on any atom is 0.306 e. The minimum Gasteiger partial charge on any atom is -0.462 e. The third-order valence-corrected chi connectivity index (χ3v) is 13.5. The van der Waals surface area contributed by atoms with E-state index in [-0.39, 0.29) is 24.9 Å². The quantitative estimate of drug-likeness (QED) is 0.0321. The van der Waals surface area contributed by atoms with Gasteiger partial charge in [-0.25, -0.2) is 0 Å². The largest absolute Gasteiger partial charge is 0.462 e. The molecule has 0 spiro atoms. The molecule has 3 atom stereocenters. The second-order valence-corrected chi connectivity index (χ2v) is 20.1. The van der Waals surface area contributed by atoms with Gasteiger partial charge in [-0.15, -0.1) is 0 Å². The lowest BCUT2D eigenvalue weighted by Gasteiger charge is -2.24. The van der Waals surface area contributed by atoms with Gasteiger partial charge in [0.05, 0.1) is 25.2 Å². The third-order valence-electron chi connectivity index (χ3n) is 13.5. The Balaban J connectivity index is 4.53. The Kier molecular flexibility index (Phi) is 51.9. The van der Waals surface area contributed by atoms with Gasteiger partial charge in [0.1, 0.15) is 6.10 Å². The number of nitrogens with one attached hydrogen (secondary N) is 1. The lowest BCUT2D eigenvalue weighted by atomic mass is 10.0. The third kappa shape index (κ3) is 48.6. The number of carbonyl (C=O) groups excluding carboxylic acids is 2. The van der Waals surface area contributed by atoms with Gasteiger partial charge in [0.2, 0.25) is 5.91 Å². The standard InChI is InChI=1S/C59H113NO5/c1-4-7-10-13-16-19-22-25-27-29-31-34-37-40-43-46-49-52-59(64)65-55(50-47-44-41-38-35-33-30-28-26-23-20-17-14-11-8-5-2)53-58(63)60-56(54-61)57(62)51-48-45-42-39-36-32-24-21-18-15-12-9-6-3/h16,19,25,27,55-57,61-62H,4-15,17-18,20-24,26,28-54H2,1-3H3,(H,60,63)/b19-16-,27-25-. The molecule has 6 heteroatoms. The minimum atomic E-state index is -0.785. The molecule has 0 radical (unpaired) electrons. The van der Waals surface area contributed by atoms with E-state index in [1.165, 1.54) is 212 Å². The molecule has 3 N–H and O–H groups in total. The van der Waals surface area contributed by atoms with Crippen LogP contribution in [0.15, 0.2) is 24.3 Å². The van der Waals surface area contributed by atoms with Crippen LogP contribution >= 0.6 is 0 Å². The van der Waals surface area contributed by atoms with Gasteiger partial charge < -0.3 is 20.3 Å². The molecule has 65 heavy (non-hydrogen) atoms. The van der Waals surface area contributed by atoms with Crippen LogP contribution in [0, 0.1) is 0 Å². The average molecular weight is 917 g/mol. The van der Waals surface area contributed by atoms with Gasteiger partial charge in [0.15, 0.2) is 0 Å². The van der Waals surface area contributed by atoms with Crippen molar-refractivity contribution in [3.63, 3.8) is 0 Å². The normalized spacial score (nSPS) is 13.2. The van der Waals surface area contributed by atoms with Crippen molar-refractivity contribution in [3.8, 4) is 0 Å². The number of aliphatic hydroxyl groups excluding tert-OH is 2. The smallest absolute Gasteiger partial charge is 0.306 e. The van der Waals surface area contributed by atoms with Gasteiger partial charge in [-0.1, -0.05) is 270 Å². The van der Waals surface area contributed by atoms with Crippen LogP contribution in [-0.2, 0) is 14.3 Å². The lowest BCUT2D eigenvalue weighted by Crippen LogP contribution is -2.46. The highest BCUT2D eigenvalue weighted by Gasteiger charge is 2.24. The Morgan fingerprint density at radius 3 is 1.20 bits per heavy atom. The molecule has 1 amide bonds. The van der Waals surface area contributed by atoms with Crippen LogP contribution < -0.4 is 5.32 Å². The molecule has 0 aromatic heterocycles. The summed E-state index contributed by atoms with van der Waals surface area (Å²) in [5.74, 6) is -0.462. The summed E-state index contributed by atoms with van der Waals surface area (Å²) in [4.78, 5) is 26.3. The molecule has 0 aliphatic rings. The van der Waals surface area contributed by atoms with Crippen molar-refractivity contribution in [1.29, 1.82) is 0 Å². The summed E-state index contributed by atoms with van der Waals surface area (Å²) in [5, 5.41) is 23.9. The first-order chi connectivity index (χ1) is 32.0. The first kappa shape index (κ1) is 63.3. The molecule has 3 unspecified atom stereocenters. The molecule has 6 nitrogen and oxygen atoms in total. The van der Waals surface area contributed by atoms with E-state index in [0.29, 0.717) is 19.3 Å².